The molecule has 0 spiro atoms. The molecule has 1 N–H and O–H groups in total. The number of carbonyl (C=O) groups is 1. The van der Waals surface area contributed by atoms with Crippen molar-refractivity contribution < 1.29 is 9.90 Å². The molecule has 7 atom stereocenters. The second-order valence-electron chi connectivity index (χ2n) is 10.9. The van der Waals surface area contributed by atoms with Crippen LogP contribution < -0.4 is 0 Å². The van der Waals surface area contributed by atoms with Crippen LogP contribution >= 0.6 is 11.8 Å². The number of carbonyl (C=O) groups excluding carboxylic acids is 1. The van der Waals surface area contributed by atoms with Crippen LogP contribution in [-0.4, -0.2) is 28.5 Å². The van der Waals surface area contributed by atoms with Gasteiger partial charge in [-0.1, -0.05) is 30.4 Å². The summed E-state index contributed by atoms with van der Waals surface area (Å²) in [6.07, 6.45) is 15.7. The first-order valence-electron chi connectivity index (χ1n) is 11.9. The Hall–Kier alpha value is -0.720. The molecule has 4 fully saturated rings. The monoisotopic (exact) mass is 412 g/mol. The Morgan fingerprint density at radius 1 is 1.17 bits per heavy atom. The van der Waals surface area contributed by atoms with E-state index in [1.807, 2.05) is 0 Å². The molecule has 0 heterocycles. The predicted molar refractivity (Wildman–Crippen MR) is 119 cm³/mol. The molecule has 0 aromatic rings. The normalized spacial score (nSPS) is 45.9. The third-order valence-corrected chi connectivity index (χ3v) is 9.84. The molecule has 0 unspecified atom stereocenters. The lowest BCUT2D eigenvalue weighted by molar-refractivity contribution is -0.126. The number of hydrogen-bond acceptors (Lipinski definition) is 3. The van der Waals surface area contributed by atoms with Crippen molar-refractivity contribution in [3.05, 3.63) is 11.6 Å². The summed E-state index contributed by atoms with van der Waals surface area (Å²) in [5, 5.41) is 11.1. The maximum atomic E-state index is 12.8. The van der Waals surface area contributed by atoms with Gasteiger partial charge in [-0.25, -0.2) is 0 Å². The Morgan fingerprint density at radius 2 is 2.00 bits per heavy atom. The van der Waals surface area contributed by atoms with Gasteiger partial charge in [0, 0.05) is 18.3 Å². The molecule has 0 amide bonds. The van der Waals surface area contributed by atoms with Crippen molar-refractivity contribution in [2.24, 2.45) is 40.9 Å². The standard InChI is InChI=1S/C26H36O2S/c1-25-12-10-20-19-11-14-26(28,13-9-17-3-4-17)15-18(19)5-6-21(20)22(25)7-8-23(25)24(27)16-29-2/h5,17,19-23,28H,3-4,6-8,10-12,14-16H2,1-2H3/t19-,20+,21+,22-,23+,25-,26+/m0/s1. The number of ketones is 1. The molecule has 5 aliphatic carbocycles. The molecule has 0 aliphatic heterocycles. The number of Topliss-reactive ketones (excluding diaryl/α,β-unsaturated/α-hetero) is 1. The van der Waals surface area contributed by atoms with Gasteiger partial charge >= 0.3 is 0 Å². The van der Waals surface area contributed by atoms with Crippen molar-refractivity contribution in [2.75, 3.05) is 12.0 Å². The molecule has 0 aromatic carbocycles. The lowest BCUT2D eigenvalue weighted by atomic mass is 9.51. The molecule has 5 rings (SSSR count). The maximum Gasteiger partial charge on any atom is 0.146 e. The first-order valence-corrected chi connectivity index (χ1v) is 13.3. The maximum absolute atomic E-state index is 12.8. The molecule has 158 valence electrons. The van der Waals surface area contributed by atoms with Gasteiger partial charge in [-0.15, -0.1) is 0 Å². The van der Waals surface area contributed by atoms with Crippen LogP contribution in [-0.2, 0) is 4.79 Å². The van der Waals surface area contributed by atoms with Crippen molar-refractivity contribution in [3.63, 3.8) is 0 Å². The van der Waals surface area contributed by atoms with E-state index in [9.17, 15) is 9.90 Å². The molecule has 0 radical (unpaired) electrons. The van der Waals surface area contributed by atoms with Gasteiger partial charge < -0.3 is 5.11 Å². The molecule has 4 saturated carbocycles. The number of allylic oxidation sites excluding steroid dienone is 1. The van der Waals surface area contributed by atoms with Crippen molar-refractivity contribution in [3.8, 4) is 11.8 Å². The summed E-state index contributed by atoms with van der Waals surface area (Å²) in [7, 11) is 0. The molecular formula is C26H36O2S. The highest BCUT2D eigenvalue weighted by Crippen LogP contribution is 2.63. The number of rotatable bonds is 3. The van der Waals surface area contributed by atoms with E-state index >= 15 is 0 Å². The van der Waals surface area contributed by atoms with Crippen LogP contribution in [0.5, 0.6) is 0 Å². The van der Waals surface area contributed by atoms with E-state index in [0.717, 1.165) is 43.9 Å². The minimum Gasteiger partial charge on any atom is -0.377 e. The van der Waals surface area contributed by atoms with Crippen molar-refractivity contribution in [1.29, 1.82) is 0 Å². The van der Waals surface area contributed by atoms with Gasteiger partial charge in [0.25, 0.3) is 0 Å². The number of hydrogen-bond donors (Lipinski definition) is 1. The summed E-state index contributed by atoms with van der Waals surface area (Å²) in [6, 6.07) is 0. The summed E-state index contributed by atoms with van der Waals surface area (Å²) in [5.74, 6) is 11.5. The third kappa shape index (κ3) is 3.53. The summed E-state index contributed by atoms with van der Waals surface area (Å²) in [5.41, 5.74) is 0.954. The van der Waals surface area contributed by atoms with Crippen LogP contribution in [0.3, 0.4) is 0 Å². The van der Waals surface area contributed by atoms with E-state index in [0.29, 0.717) is 35.2 Å². The highest BCUT2D eigenvalue weighted by atomic mass is 32.2. The van der Waals surface area contributed by atoms with Crippen LogP contribution in [0.15, 0.2) is 11.6 Å². The average molecular weight is 413 g/mol. The topological polar surface area (TPSA) is 37.3 Å². The first-order chi connectivity index (χ1) is 13.9. The number of thioether (sulfide) groups is 1. The Morgan fingerprint density at radius 3 is 2.76 bits per heavy atom. The van der Waals surface area contributed by atoms with E-state index in [-0.39, 0.29) is 5.41 Å². The van der Waals surface area contributed by atoms with Crippen LogP contribution in [0, 0.1) is 52.8 Å². The zero-order valence-electron chi connectivity index (χ0n) is 18.1. The Labute approximate surface area is 180 Å². The SMILES string of the molecule is CSCC(=O)[C@H]1CC[C@H]2[C@@H]3CC=C4C[C@@](O)(C#CC5CC5)CC[C@@H]4[C@H]3CC[C@]12C. The Kier molecular flexibility index (Phi) is 5.19. The van der Waals surface area contributed by atoms with Gasteiger partial charge in [-0.3, -0.25) is 4.79 Å². The quantitative estimate of drug-likeness (QED) is 0.508. The van der Waals surface area contributed by atoms with Gasteiger partial charge in [0.2, 0.25) is 0 Å². The first kappa shape index (κ1) is 20.2. The summed E-state index contributed by atoms with van der Waals surface area (Å²) in [6.45, 7) is 2.44. The number of aliphatic hydroxyl groups is 1. The highest BCUT2D eigenvalue weighted by Gasteiger charge is 2.57. The second kappa shape index (κ2) is 7.45. The minimum atomic E-state index is -0.774. The molecular weight excluding hydrogens is 376 g/mol. The van der Waals surface area contributed by atoms with Crippen molar-refractivity contribution in [2.45, 2.75) is 76.7 Å². The van der Waals surface area contributed by atoms with Crippen LogP contribution in [0.25, 0.3) is 0 Å². The fourth-order valence-electron chi connectivity index (χ4n) is 7.63. The van der Waals surface area contributed by atoms with E-state index in [1.54, 1.807) is 11.8 Å². The lowest BCUT2D eigenvalue weighted by Crippen LogP contribution is -2.48. The van der Waals surface area contributed by atoms with E-state index < -0.39 is 5.60 Å². The van der Waals surface area contributed by atoms with E-state index in [2.05, 4.69) is 31.1 Å². The highest BCUT2D eigenvalue weighted by molar-refractivity contribution is 7.99. The summed E-state index contributed by atoms with van der Waals surface area (Å²) in [4.78, 5) is 12.8. The fourth-order valence-corrected chi connectivity index (χ4v) is 8.12. The molecule has 5 aliphatic rings. The molecule has 29 heavy (non-hydrogen) atoms. The van der Waals surface area contributed by atoms with Crippen LogP contribution in [0.1, 0.15) is 71.1 Å². The molecule has 0 saturated heterocycles. The van der Waals surface area contributed by atoms with E-state index in [4.69, 9.17) is 0 Å². The van der Waals surface area contributed by atoms with Gasteiger partial charge in [-0.05, 0) is 93.1 Å². The summed E-state index contributed by atoms with van der Waals surface area (Å²) < 4.78 is 0. The second-order valence-corrected chi connectivity index (χ2v) is 11.8. The van der Waals surface area contributed by atoms with Gasteiger partial charge in [0.05, 0.1) is 5.75 Å². The molecule has 0 aromatic heterocycles. The minimum absolute atomic E-state index is 0.227. The van der Waals surface area contributed by atoms with Crippen LogP contribution in [0.4, 0.5) is 0 Å². The zero-order chi connectivity index (χ0) is 20.2. The lowest BCUT2D eigenvalue weighted by Gasteiger charge is -2.54. The smallest absolute Gasteiger partial charge is 0.146 e. The largest absolute Gasteiger partial charge is 0.377 e. The summed E-state index contributed by atoms with van der Waals surface area (Å²) >= 11 is 1.69. The number of fused-ring (bicyclic) bond motifs is 5. The Balaban J connectivity index is 1.33. The van der Waals surface area contributed by atoms with Gasteiger partial charge in [0.1, 0.15) is 11.4 Å². The van der Waals surface area contributed by atoms with Crippen LogP contribution in [0.2, 0.25) is 0 Å². The molecule has 0 bridgehead atoms. The third-order valence-electron chi connectivity index (χ3n) is 9.26. The van der Waals surface area contributed by atoms with Crippen molar-refractivity contribution >= 4 is 17.5 Å². The van der Waals surface area contributed by atoms with Gasteiger partial charge in [0.15, 0.2) is 0 Å². The molecule has 2 nitrogen and oxygen atoms in total. The fraction of sp³-hybridized carbons (Fsp3) is 0.808. The van der Waals surface area contributed by atoms with E-state index in [1.165, 1.54) is 37.7 Å². The molecule has 3 heteroatoms. The van der Waals surface area contributed by atoms with Crippen molar-refractivity contribution in [1.82, 2.24) is 0 Å². The zero-order valence-corrected chi connectivity index (χ0v) is 18.9. The Bertz CT molecular complexity index is 771. The van der Waals surface area contributed by atoms with Gasteiger partial charge in [-0.2, -0.15) is 11.8 Å². The predicted octanol–water partition coefficient (Wildman–Crippen LogP) is 5.25. The average Bonchev–Trinajstić information content (AvgIpc) is 3.46.